The molecular formula is C13H28N2O. The first-order valence-electron chi connectivity index (χ1n) is 6.57. The van der Waals surface area contributed by atoms with Gasteiger partial charge in [0.05, 0.1) is 6.10 Å². The molecule has 1 aliphatic rings. The van der Waals surface area contributed by atoms with Gasteiger partial charge in [-0.3, -0.25) is 0 Å². The molecule has 3 nitrogen and oxygen atoms in total. The van der Waals surface area contributed by atoms with E-state index in [-0.39, 0.29) is 0 Å². The van der Waals surface area contributed by atoms with Crippen LogP contribution in [0.1, 0.15) is 39.0 Å². The Kier molecular flexibility index (Phi) is 6.32. The Morgan fingerprint density at radius 2 is 2.00 bits per heavy atom. The van der Waals surface area contributed by atoms with E-state index < -0.39 is 0 Å². The van der Waals surface area contributed by atoms with E-state index in [0.29, 0.717) is 18.2 Å². The van der Waals surface area contributed by atoms with Gasteiger partial charge in [-0.25, -0.2) is 0 Å². The van der Waals surface area contributed by atoms with Crippen molar-refractivity contribution in [2.75, 3.05) is 27.7 Å². The van der Waals surface area contributed by atoms with Gasteiger partial charge in [0.2, 0.25) is 0 Å². The van der Waals surface area contributed by atoms with Crippen molar-refractivity contribution in [3.8, 4) is 0 Å². The molecule has 1 aliphatic carbocycles. The van der Waals surface area contributed by atoms with Crippen LogP contribution in [0.15, 0.2) is 0 Å². The maximum absolute atomic E-state index is 5.56. The van der Waals surface area contributed by atoms with Crippen LogP contribution in [-0.4, -0.2) is 50.8 Å². The summed E-state index contributed by atoms with van der Waals surface area (Å²) in [6.07, 6.45) is 6.79. The molecule has 0 aromatic carbocycles. The van der Waals surface area contributed by atoms with E-state index in [0.717, 1.165) is 6.54 Å². The second-order valence-electron chi connectivity index (χ2n) is 5.32. The Hall–Kier alpha value is -0.120. The van der Waals surface area contributed by atoms with Crippen LogP contribution in [0.5, 0.6) is 0 Å². The highest BCUT2D eigenvalue weighted by atomic mass is 16.5. The smallest absolute Gasteiger partial charge is 0.0724 e. The second kappa shape index (κ2) is 7.25. The van der Waals surface area contributed by atoms with E-state index in [1.165, 1.54) is 32.1 Å². The normalized spacial score (nSPS) is 28.3. The van der Waals surface area contributed by atoms with Crippen LogP contribution >= 0.6 is 0 Å². The molecular weight excluding hydrogens is 200 g/mol. The third-order valence-electron chi connectivity index (χ3n) is 3.51. The van der Waals surface area contributed by atoms with E-state index in [9.17, 15) is 0 Å². The van der Waals surface area contributed by atoms with E-state index in [2.05, 4.69) is 31.2 Å². The van der Waals surface area contributed by atoms with Crippen molar-refractivity contribution >= 4 is 0 Å². The number of rotatable bonds is 6. The van der Waals surface area contributed by atoms with Crippen molar-refractivity contribution in [3.05, 3.63) is 0 Å². The van der Waals surface area contributed by atoms with Crippen molar-refractivity contribution in [1.29, 1.82) is 0 Å². The molecule has 1 N–H and O–H groups in total. The summed E-state index contributed by atoms with van der Waals surface area (Å²) in [5, 5.41) is 3.72. The zero-order valence-electron chi connectivity index (χ0n) is 11.3. The fourth-order valence-corrected chi connectivity index (χ4v) is 2.47. The average Bonchev–Trinajstić information content (AvgIpc) is 2.27. The maximum atomic E-state index is 5.56. The predicted molar refractivity (Wildman–Crippen MR) is 68.8 cm³/mol. The molecule has 0 bridgehead atoms. The summed E-state index contributed by atoms with van der Waals surface area (Å²) in [4.78, 5) is 2.24. The minimum absolute atomic E-state index is 0.426. The van der Waals surface area contributed by atoms with Crippen LogP contribution in [0, 0.1) is 0 Å². The van der Waals surface area contributed by atoms with Gasteiger partial charge in [-0.05, 0) is 46.8 Å². The lowest BCUT2D eigenvalue weighted by Crippen LogP contribution is -2.47. The van der Waals surface area contributed by atoms with Gasteiger partial charge < -0.3 is 15.0 Å². The van der Waals surface area contributed by atoms with Gasteiger partial charge >= 0.3 is 0 Å². The summed E-state index contributed by atoms with van der Waals surface area (Å²) >= 11 is 0. The highest BCUT2D eigenvalue weighted by Gasteiger charge is 2.25. The summed E-state index contributed by atoms with van der Waals surface area (Å²) in [5.74, 6) is 0. The molecule has 1 rings (SSSR count). The predicted octanol–water partition coefficient (Wildman–Crippen LogP) is 1.87. The van der Waals surface area contributed by atoms with Crippen LogP contribution in [0.3, 0.4) is 0 Å². The zero-order chi connectivity index (χ0) is 12.0. The van der Waals surface area contributed by atoms with Gasteiger partial charge in [0.15, 0.2) is 0 Å². The molecule has 3 unspecified atom stereocenters. The van der Waals surface area contributed by atoms with Crippen LogP contribution in [0.25, 0.3) is 0 Å². The number of ether oxygens (including phenoxy) is 1. The lowest BCUT2D eigenvalue weighted by atomic mass is 9.91. The molecule has 1 fully saturated rings. The molecule has 16 heavy (non-hydrogen) atoms. The van der Waals surface area contributed by atoms with Crippen molar-refractivity contribution in [3.63, 3.8) is 0 Å². The Balaban J connectivity index is 2.27. The van der Waals surface area contributed by atoms with Crippen molar-refractivity contribution in [1.82, 2.24) is 10.2 Å². The number of nitrogens with zero attached hydrogens (tertiary/aromatic N) is 1. The Labute approximate surface area is 101 Å². The second-order valence-corrected chi connectivity index (χ2v) is 5.32. The molecule has 0 amide bonds. The Morgan fingerprint density at radius 1 is 1.31 bits per heavy atom. The molecule has 0 aromatic heterocycles. The molecule has 0 aromatic rings. The van der Waals surface area contributed by atoms with E-state index in [1.54, 1.807) is 0 Å². The molecule has 96 valence electrons. The summed E-state index contributed by atoms with van der Waals surface area (Å²) in [7, 11) is 6.10. The lowest BCUT2D eigenvalue weighted by Gasteiger charge is -2.33. The Bertz CT molecular complexity index is 185. The maximum Gasteiger partial charge on any atom is 0.0724 e. The number of nitrogens with one attached hydrogen (secondary N) is 1. The van der Waals surface area contributed by atoms with E-state index >= 15 is 0 Å². The largest absolute Gasteiger partial charge is 0.380 e. The minimum Gasteiger partial charge on any atom is -0.380 e. The topological polar surface area (TPSA) is 24.5 Å². The first kappa shape index (κ1) is 13.9. The van der Waals surface area contributed by atoms with Gasteiger partial charge in [-0.2, -0.15) is 0 Å². The molecule has 3 atom stereocenters. The third kappa shape index (κ3) is 4.81. The quantitative estimate of drug-likeness (QED) is 0.751. The summed E-state index contributed by atoms with van der Waals surface area (Å²) in [5.41, 5.74) is 0. The zero-order valence-corrected chi connectivity index (χ0v) is 11.3. The fraction of sp³-hybridized carbons (Fsp3) is 1.00. The number of methoxy groups -OCH3 is 1. The Morgan fingerprint density at radius 3 is 2.62 bits per heavy atom. The van der Waals surface area contributed by atoms with Gasteiger partial charge in [-0.15, -0.1) is 0 Å². The highest BCUT2D eigenvalue weighted by Crippen LogP contribution is 2.21. The molecule has 0 heterocycles. The van der Waals surface area contributed by atoms with Gasteiger partial charge in [0, 0.05) is 19.2 Å². The summed E-state index contributed by atoms with van der Waals surface area (Å²) in [6.45, 7) is 3.43. The molecule has 3 heteroatoms. The molecule has 1 saturated carbocycles. The molecule has 0 saturated heterocycles. The first-order valence-corrected chi connectivity index (χ1v) is 6.57. The first-order chi connectivity index (χ1) is 7.63. The van der Waals surface area contributed by atoms with Crippen LogP contribution in [0.2, 0.25) is 0 Å². The fourth-order valence-electron chi connectivity index (χ4n) is 2.47. The molecule has 0 aliphatic heterocycles. The SMILES string of the molecule is COC1CCCCC1NC(C)CCN(C)C. The number of hydrogen-bond acceptors (Lipinski definition) is 3. The van der Waals surface area contributed by atoms with Crippen LogP contribution < -0.4 is 5.32 Å². The van der Waals surface area contributed by atoms with Gasteiger partial charge in [0.25, 0.3) is 0 Å². The highest BCUT2D eigenvalue weighted by molar-refractivity contribution is 4.83. The lowest BCUT2D eigenvalue weighted by molar-refractivity contribution is 0.0378. The van der Waals surface area contributed by atoms with E-state index in [4.69, 9.17) is 4.74 Å². The number of hydrogen-bond donors (Lipinski definition) is 1. The van der Waals surface area contributed by atoms with Crippen LogP contribution in [0.4, 0.5) is 0 Å². The molecule has 0 radical (unpaired) electrons. The van der Waals surface area contributed by atoms with Crippen molar-refractivity contribution in [2.45, 2.75) is 57.2 Å². The monoisotopic (exact) mass is 228 g/mol. The van der Waals surface area contributed by atoms with Crippen molar-refractivity contribution < 1.29 is 4.74 Å². The third-order valence-corrected chi connectivity index (χ3v) is 3.51. The van der Waals surface area contributed by atoms with E-state index in [1.807, 2.05) is 7.11 Å². The summed E-state index contributed by atoms with van der Waals surface area (Å²) in [6, 6.07) is 1.15. The van der Waals surface area contributed by atoms with Crippen LogP contribution in [-0.2, 0) is 4.74 Å². The van der Waals surface area contributed by atoms with Crippen molar-refractivity contribution in [2.24, 2.45) is 0 Å². The average molecular weight is 228 g/mol. The minimum atomic E-state index is 0.426. The summed E-state index contributed by atoms with van der Waals surface area (Å²) < 4.78 is 5.56. The standard InChI is InChI=1S/C13H28N2O/c1-11(9-10-15(2)3)14-12-7-5-6-8-13(12)16-4/h11-14H,5-10H2,1-4H3. The molecule has 0 spiro atoms. The van der Waals surface area contributed by atoms with Gasteiger partial charge in [-0.1, -0.05) is 12.8 Å². The van der Waals surface area contributed by atoms with Gasteiger partial charge in [0.1, 0.15) is 0 Å².